The van der Waals surface area contributed by atoms with Gasteiger partial charge in [-0.3, -0.25) is 0 Å². The lowest BCUT2D eigenvalue weighted by Gasteiger charge is -2.37. The molecule has 0 bridgehead atoms. The van der Waals surface area contributed by atoms with Gasteiger partial charge in [-0.05, 0) is 31.4 Å². The van der Waals surface area contributed by atoms with Gasteiger partial charge in [0.15, 0.2) is 0 Å². The second-order valence-corrected chi connectivity index (χ2v) is 5.90. The van der Waals surface area contributed by atoms with Gasteiger partial charge in [0.2, 0.25) is 0 Å². The Balaban J connectivity index is 1.75. The average molecular weight is 264 g/mol. The number of benzene rings is 1. The number of phenols is 1. The maximum Gasteiger partial charge on any atom is 0.117 e. The fourth-order valence-corrected chi connectivity index (χ4v) is 2.88. The van der Waals surface area contributed by atoms with Crippen LogP contribution in [0.25, 0.3) is 0 Å². The first-order chi connectivity index (χ1) is 9.09. The Morgan fingerprint density at radius 2 is 2.00 bits per heavy atom. The largest absolute Gasteiger partial charge is 0.508 e. The minimum absolute atomic E-state index is 0.256. The highest BCUT2D eigenvalue weighted by atomic mass is 16.3. The SMILES string of the molecule is C[N+]1(CCCNc2cc(O)ccc2N)CCCCC1. The Hall–Kier alpha value is -1.42. The molecular formula is C15H26N3O+. The van der Waals surface area contributed by atoms with Crippen LogP contribution in [0.1, 0.15) is 25.7 Å². The maximum absolute atomic E-state index is 9.44. The van der Waals surface area contributed by atoms with Gasteiger partial charge in [0, 0.05) is 19.0 Å². The molecule has 0 amide bonds. The molecule has 4 heteroatoms. The molecule has 0 aromatic heterocycles. The van der Waals surface area contributed by atoms with Gasteiger partial charge in [0.1, 0.15) is 5.75 Å². The fourth-order valence-electron chi connectivity index (χ4n) is 2.88. The van der Waals surface area contributed by atoms with E-state index in [-0.39, 0.29) is 5.75 Å². The van der Waals surface area contributed by atoms with Crippen molar-refractivity contribution in [1.82, 2.24) is 0 Å². The van der Waals surface area contributed by atoms with Gasteiger partial charge in [0.05, 0.1) is 38.1 Å². The van der Waals surface area contributed by atoms with E-state index in [4.69, 9.17) is 5.73 Å². The molecular weight excluding hydrogens is 238 g/mol. The van der Waals surface area contributed by atoms with E-state index in [1.54, 1.807) is 18.2 Å². The van der Waals surface area contributed by atoms with Crippen LogP contribution < -0.4 is 11.1 Å². The van der Waals surface area contributed by atoms with E-state index in [9.17, 15) is 5.11 Å². The first kappa shape index (κ1) is 14.0. The van der Waals surface area contributed by atoms with E-state index in [1.807, 2.05) is 0 Å². The Kier molecular flexibility index (Phi) is 4.53. The molecule has 2 rings (SSSR count). The molecule has 1 aliphatic heterocycles. The van der Waals surface area contributed by atoms with Crippen LogP contribution in [0.4, 0.5) is 11.4 Å². The third-order valence-electron chi connectivity index (χ3n) is 4.12. The molecule has 0 saturated carbocycles. The summed E-state index contributed by atoms with van der Waals surface area (Å²) in [6, 6.07) is 5.03. The summed E-state index contributed by atoms with van der Waals surface area (Å²) in [4.78, 5) is 0. The monoisotopic (exact) mass is 264 g/mol. The summed E-state index contributed by atoms with van der Waals surface area (Å²) in [5, 5.41) is 12.8. The highest BCUT2D eigenvalue weighted by Crippen LogP contribution is 2.23. The summed E-state index contributed by atoms with van der Waals surface area (Å²) < 4.78 is 1.21. The normalized spacial score (nSPS) is 18.2. The van der Waals surface area contributed by atoms with E-state index in [2.05, 4.69) is 12.4 Å². The van der Waals surface area contributed by atoms with Gasteiger partial charge in [-0.25, -0.2) is 0 Å². The smallest absolute Gasteiger partial charge is 0.117 e. The van der Waals surface area contributed by atoms with Crippen molar-refractivity contribution in [2.75, 3.05) is 44.3 Å². The number of nitrogens with one attached hydrogen (secondary N) is 1. The van der Waals surface area contributed by atoms with E-state index >= 15 is 0 Å². The average Bonchev–Trinajstić information content (AvgIpc) is 2.39. The minimum atomic E-state index is 0.256. The fraction of sp³-hybridized carbons (Fsp3) is 0.600. The van der Waals surface area contributed by atoms with Crippen molar-refractivity contribution >= 4 is 11.4 Å². The zero-order valence-electron chi connectivity index (χ0n) is 11.9. The van der Waals surface area contributed by atoms with Gasteiger partial charge < -0.3 is 20.6 Å². The second kappa shape index (κ2) is 6.15. The number of phenolic OH excluding ortho intramolecular Hbond substituents is 1. The third-order valence-corrected chi connectivity index (χ3v) is 4.12. The molecule has 1 aliphatic rings. The number of nitrogens with zero attached hydrogens (tertiary/aromatic N) is 1. The molecule has 19 heavy (non-hydrogen) atoms. The van der Waals surface area contributed by atoms with Gasteiger partial charge >= 0.3 is 0 Å². The van der Waals surface area contributed by atoms with Crippen molar-refractivity contribution in [3.05, 3.63) is 18.2 Å². The van der Waals surface area contributed by atoms with Crippen LogP contribution in [-0.2, 0) is 0 Å². The van der Waals surface area contributed by atoms with Gasteiger partial charge in [-0.15, -0.1) is 0 Å². The maximum atomic E-state index is 9.44. The van der Waals surface area contributed by atoms with Crippen molar-refractivity contribution in [2.45, 2.75) is 25.7 Å². The zero-order chi connectivity index (χ0) is 13.7. The van der Waals surface area contributed by atoms with Gasteiger partial charge in [-0.2, -0.15) is 0 Å². The summed E-state index contributed by atoms with van der Waals surface area (Å²) >= 11 is 0. The van der Waals surface area contributed by atoms with Crippen molar-refractivity contribution in [1.29, 1.82) is 0 Å². The minimum Gasteiger partial charge on any atom is -0.508 e. The van der Waals surface area contributed by atoms with E-state index in [0.29, 0.717) is 5.69 Å². The first-order valence-corrected chi connectivity index (χ1v) is 7.25. The van der Waals surface area contributed by atoms with Crippen molar-refractivity contribution in [3.63, 3.8) is 0 Å². The van der Waals surface area contributed by atoms with Crippen LogP contribution in [0.5, 0.6) is 5.75 Å². The van der Waals surface area contributed by atoms with Gasteiger partial charge in [-0.1, -0.05) is 0 Å². The Labute approximate surface area is 115 Å². The molecule has 1 aromatic rings. The van der Waals surface area contributed by atoms with E-state index in [1.165, 1.54) is 43.4 Å². The Morgan fingerprint density at radius 1 is 1.26 bits per heavy atom. The lowest BCUT2D eigenvalue weighted by Crippen LogP contribution is -2.48. The lowest BCUT2D eigenvalue weighted by atomic mass is 10.1. The molecule has 106 valence electrons. The van der Waals surface area contributed by atoms with Crippen LogP contribution in [0.15, 0.2) is 18.2 Å². The molecule has 0 spiro atoms. The summed E-state index contributed by atoms with van der Waals surface area (Å²) in [6.07, 6.45) is 5.25. The lowest BCUT2D eigenvalue weighted by molar-refractivity contribution is -0.914. The Morgan fingerprint density at radius 3 is 2.74 bits per heavy atom. The molecule has 1 fully saturated rings. The topological polar surface area (TPSA) is 58.3 Å². The highest BCUT2D eigenvalue weighted by Gasteiger charge is 2.23. The molecule has 4 N–H and O–H groups in total. The number of nitrogens with two attached hydrogens (primary N) is 1. The van der Waals surface area contributed by atoms with E-state index < -0.39 is 0 Å². The van der Waals surface area contributed by atoms with Crippen LogP contribution in [0.3, 0.4) is 0 Å². The van der Waals surface area contributed by atoms with Crippen molar-refractivity contribution < 1.29 is 9.59 Å². The molecule has 0 unspecified atom stereocenters. The quantitative estimate of drug-likeness (QED) is 0.331. The van der Waals surface area contributed by atoms with Crippen molar-refractivity contribution in [3.8, 4) is 5.75 Å². The zero-order valence-corrected chi connectivity index (χ0v) is 11.9. The van der Waals surface area contributed by atoms with E-state index in [0.717, 1.165) is 18.7 Å². The molecule has 0 radical (unpaired) electrons. The number of nitrogen functional groups attached to an aromatic ring is 1. The first-order valence-electron chi connectivity index (χ1n) is 7.25. The highest BCUT2D eigenvalue weighted by molar-refractivity contribution is 5.67. The number of hydrogen-bond donors (Lipinski definition) is 3. The summed E-state index contributed by atoms with van der Waals surface area (Å²) in [5.41, 5.74) is 7.39. The predicted molar refractivity (Wildman–Crippen MR) is 80.3 cm³/mol. The summed E-state index contributed by atoms with van der Waals surface area (Å²) in [5.74, 6) is 0.256. The summed E-state index contributed by atoms with van der Waals surface area (Å²) in [6.45, 7) is 4.75. The van der Waals surface area contributed by atoms with Crippen LogP contribution in [-0.4, -0.2) is 42.8 Å². The number of likely N-dealkylation sites (tertiary alicyclic amines) is 1. The van der Waals surface area contributed by atoms with Crippen LogP contribution >= 0.6 is 0 Å². The second-order valence-electron chi connectivity index (χ2n) is 5.90. The standard InChI is InChI=1S/C15H25N3O/c1-18(9-3-2-4-10-18)11-5-8-17-15-12-13(19)6-7-14(15)16/h6-7,12,17H,2-5,8-11,16H2,1H3/p+1. The number of aromatic hydroxyl groups is 1. The Bertz CT molecular complexity index is 414. The third kappa shape index (κ3) is 4.03. The molecule has 1 aromatic carbocycles. The molecule has 0 aliphatic carbocycles. The number of anilines is 2. The van der Waals surface area contributed by atoms with Crippen LogP contribution in [0, 0.1) is 0 Å². The van der Waals surface area contributed by atoms with Crippen molar-refractivity contribution in [2.24, 2.45) is 0 Å². The summed E-state index contributed by atoms with van der Waals surface area (Å²) in [7, 11) is 2.36. The molecule has 0 atom stereocenters. The molecule has 1 saturated heterocycles. The number of rotatable bonds is 5. The number of quaternary nitrogens is 1. The number of hydrogen-bond acceptors (Lipinski definition) is 3. The molecule has 1 heterocycles. The molecule has 4 nitrogen and oxygen atoms in total. The predicted octanol–water partition coefficient (Wildman–Crippen LogP) is 2.41. The number of piperidine rings is 1. The van der Waals surface area contributed by atoms with Crippen LogP contribution in [0.2, 0.25) is 0 Å². The van der Waals surface area contributed by atoms with Gasteiger partial charge in [0.25, 0.3) is 0 Å².